The van der Waals surface area contributed by atoms with Gasteiger partial charge in [0.25, 0.3) is 0 Å². The molecule has 3 atom stereocenters. The van der Waals surface area contributed by atoms with E-state index in [-0.39, 0.29) is 5.82 Å². The molecule has 0 spiro atoms. The number of halogens is 1. The molecule has 0 aliphatic heterocycles. The summed E-state index contributed by atoms with van der Waals surface area (Å²) in [6.07, 6.45) is 2.12. The van der Waals surface area contributed by atoms with E-state index >= 15 is 0 Å². The highest BCUT2D eigenvalue weighted by molar-refractivity contribution is 5.18. The molecule has 1 saturated carbocycles. The van der Waals surface area contributed by atoms with Crippen LogP contribution in [0.3, 0.4) is 0 Å². The first-order valence-corrected chi connectivity index (χ1v) is 6.13. The predicted molar refractivity (Wildman–Crippen MR) is 64.8 cm³/mol. The standard InChI is InChI=1S/C14H20FN/c1-10-7-13(10)9-16-11(2)8-12-5-3-4-6-14(12)15/h3-6,10-11,13,16H,7-9H2,1-2H3. The van der Waals surface area contributed by atoms with Crippen molar-refractivity contribution < 1.29 is 4.39 Å². The molecule has 1 aliphatic carbocycles. The van der Waals surface area contributed by atoms with Crippen molar-refractivity contribution in [2.75, 3.05) is 6.54 Å². The monoisotopic (exact) mass is 221 g/mol. The SMILES string of the molecule is CC(Cc1ccccc1F)NCC1CC1C. The average Bonchev–Trinajstić information content (AvgIpc) is 2.95. The van der Waals surface area contributed by atoms with Gasteiger partial charge < -0.3 is 5.32 Å². The Labute approximate surface area is 97.1 Å². The Balaban J connectivity index is 1.78. The van der Waals surface area contributed by atoms with E-state index in [0.29, 0.717) is 6.04 Å². The van der Waals surface area contributed by atoms with Gasteiger partial charge in [-0.15, -0.1) is 0 Å². The molecule has 1 aromatic rings. The fourth-order valence-electron chi connectivity index (χ4n) is 2.10. The molecular weight excluding hydrogens is 201 g/mol. The van der Waals surface area contributed by atoms with Gasteiger partial charge in [-0.2, -0.15) is 0 Å². The third-order valence-corrected chi connectivity index (χ3v) is 3.49. The minimum atomic E-state index is -0.0871. The van der Waals surface area contributed by atoms with Crippen LogP contribution in [0, 0.1) is 17.7 Å². The molecule has 0 aromatic heterocycles. The van der Waals surface area contributed by atoms with Gasteiger partial charge in [0.1, 0.15) is 5.82 Å². The van der Waals surface area contributed by atoms with E-state index in [1.807, 2.05) is 12.1 Å². The second kappa shape index (κ2) is 4.96. The van der Waals surface area contributed by atoms with E-state index in [0.717, 1.165) is 30.4 Å². The zero-order chi connectivity index (χ0) is 11.5. The number of rotatable bonds is 5. The highest BCUT2D eigenvalue weighted by atomic mass is 19.1. The molecule has 1 N–H and O–H groups in total. The van der Waals surface area contributed by atoms with Crippen molar-refractivity contribution in [1.82, 2.24) is 5.32 Å². The Bertz CT molecular complexity index is 350. The summed E-state index contributed by atoms with van der Waals surface area (Å²) in [4.78, 5) is 0. The van der Waals surface area contributed by atoms with E-state index in [1.54, 1.807) is 6.07 Å². The van der Waals surface area contributed by atoms with Crippen LogP contribution in [0.1, 0.15) is 25.8 Å². The summed E-state index contributed by atoms with van der Waals surface area (Å²) in [5.41, 5.74) is 0.811. The lowest BCUT2D eigenvalue weighted by molar-refractivity contribution is 0.503. The molecule has 1 aliphatic rings. The van der Waals surface area contributed by atoms with Gasteiger partial charge >= 0.3 is 0 Å². The largest absolute Gasteiger partial charge is 0.314 e. The normalized spacial score (nSPS) is 25.4. The van der Waals surface area contributed by atoms with Crippen molar-refractivity contribution in [3.63, 3.8) is 0 Å². The Kier molecular flexibility index (Phi) is 3.59. The highest BCUT2D eigenvalue weighted by Crippen LogP contribution is 2.36. The Morgan fingerprint density at radius 2 is 2.12 bits per heavy atom. The molecule has 1 aromatic carbocycles. The molecule has 1 nitrogen and oxygen atoms in total. The van der Waals surface area contributed by atoms with Gasteiger partial charge in [-0.05, 0) is 49.8 Å². The molecule has 88 valence electrons. The first kappa shape index (κ1) is 11.6. The number of nitrogens with one attached hydrogen (secondary N) is 1. The quantitative estimate of drug-likeness (QED) is 0.806. The molecule has 0 saturated heterocycles. The second-order valence-electron chi connectivity index (χ2n) is 5.08. The molecule has 2 rings (SSSR count). The summed E-state index contributed by atoms with van der Waals surface area (Å²) in [7, 11) is 0. The van der Waals surface area contributed by atoms with Gasteiger partial charge in [0.05, 0.1) is 0 Å². The third-order valence-electron chi connectivity index (χ3n) is 3.49. The van der Waals surface area contributed by atoms with Crippen LogP contribution >= 0.6 is 0 Å². The summed E-state index contributed by atoms with van der Waals surface area (Å²) in [6, 6.07) is 7.39. The first-order valence-electron chi connectivity index (χ1n) is 6.13. The van der Waals surface area contributed by atoms with Gasteiger partial charge in [-0.1, -0.05) is 25.1 Å². The molecule has 2 heteroatoms. The topological polar surface area (TPSA) is 12.0 Å². The van der Waals surface area contributed by atoms with Gasteiger partial charge in [0, 0.05) is 6.04 Å². The van der Waals surface area contributed by atoms with Crippen LogP contribution in [0.15, 0.2) is 24.3 Å². The lowest BCUT2D eigenvalue weighted by Crippen LogP contribution is -2.30. The van der Waals surface area contributed by atoms with Crippen LogP contribution in [0.25, 0.3) is 0 Å². The minimum Gasteiger partial charge on any atom is -0.314 e. The zero-order valence-corrected chi connectivity index (χ0v) is 10.0. The molecule has 0 bridgehead atoms. The lowest BCUT2D eigenvalue weighted by atomic mass is 10.1. The zero-order valence-electron chi connectivity index (χ0n) is 10.0. The summed E-state index contributed by atoms with van der Waals surface area (Å²) < 4.78 is 13.4. The number of benzene rings is 1. The summed E-state index contributed by atoms with van der Waals surface area (Å²) >= 11 is 0. The van der Waals surface area contributed by atoms with E-state index in [1.165, 1.54) is 12.5 Å². The Morgan fingerprint density at radius 3 is 2.75 bits per heavy atom. The minimum absolute atomic E-state index is 0.0871. The van der Waals surface area contributed by atoms with Crippen LogP contribution in [-0.2, 0) is 6.42 Å². The van der Waals surface area contributed by atoms with Crippen LogP contribution in [0.5, 0.6) is 0 Å². The van der Waals surface area contributed by atoms with E-state index in [9.17, 15) is 4.39 Å². The first-order chi connectivity index (χ1) is 7.66. The van der Waals surface area contributed by atoms with Crippen LogP contribution in [0.4, 0.5) is 4.39 Å². The van der Waals surface area contributed by atoms with Gasteiger partial charge in [0.15, 0.2) is 0 Å². The van der Waals surface area contributed by atoms with Crippen molar-refractivity contribution in [3.05, 3.63) is 35.6 Å². The maximum absolute atomic E-state index is 13.4. The van der Waals surface area contributed by atoms with Crippen molar-refractivity contribution >= 4 is 0 Å². The average molecular weight is 221 g/mol. The molecule has 1 fully saturated rings. The fourth-order valence-corrected chi connectivity index (χ4v) is 2.10. The Morgan fingerprint density at radius 1 is 1.44 bits per heavy atom. The predicted octanol–water partition coefficient (Wildman–Crippen LogP) is 3.00. The van der Waals surface area contributed by atoms with Crippen LogP contribution in [-0.4, -0.2) is 12.6 Å². The van der Waals surface area contributed by atoms with E-state index in [2.05, 4.69) is 19.2 Å². The summed E-state index contributed by atoms with van der Waals surface area (Å²) in [5, 5.41) is 3.48. The number of hydrogen-bond donors (Lipinski definition) is 1. The Hall–Kier alpha value is -0.890. The molecular formula is C14H20FN. The maximum atomic E-state index is 13.4. The van der Waals surface area contributed by atoms with Crippen molar-refractivity contribution in [1.29, 1.82) is 0 Å². The van der Waals surface area contributed by atoms with Gasteiger partial charge in [0.2, 0.25) is 0 Å². The molecule has 0 heterocycles. The van der Waals surface area contributed by atoms with Crippen LogP contribution < -0.4 is 5.32 Å². The summed E-state index contributed by atoms with van der Waals surface area (Å²) in [6.45, 7) is 5.49. The highest BCUT2D eigenvalue weighted by Gasteiger charge is 2.31. The van der Waals surface area contributed by atoms with Crippen molar-refractivity contribution in [3.8, 4) is 0 Å². The molecule has 16 heavy (non-hydrogen) atoms. The van der Waals surface area contributed by atoms with Crippen LogP contribution in [0.2, 0.25) is 0 Å². The van der Waals surface area contributed by atoms with Gasteiger partial charge in [-0.3, -0.25) is 0 Å². The lowest BCUT2D eigenvalue weighted by Gasteiger charge is -2.14. The smallest absolute Gasteiger partial charge is 0.126 e. The molecule has 3 unspecified atom stereocenters. The fraction of sp³-hybridized carbons (Fsp3) is 0.571. The second-order valence-corrected chi connectivity index (χ2v) is 5.08. The van der Waals surface area contributed by atoms with Crippen molar-refractivity contribution in [2.45, 2.75) is 32.7 Å². The van der Waals surface area contributed by atoms with Gasteiger partial charge in [-0.25, -0.2) is 4.39 Å². The van der Waals surface area contributed by atoms with Crippen molar-refractivity contribution in [2.24, 2.45) is 11.8 Å². The van der Waals surface area contributed by atoms with E-state index in [4.69, 9.17) is 0 Å². The molecule has 0 amide bonds. The maximum Gasteiger partial charge on any atom is 0.126 e. The summed E-state index contributed by atoms with van der Waals surface area (Å²) in [5.74, 6) is 1.65. The molecule has 0 radical (unpaired) electrons. The van der Waals surface area contributed by atoms with E-state index < -0.39 is 0 Å². The third kappa shape index (κ3) is 3.05. The number of hydrogen-bond acceptors (Lipinski definition) is 1.